The highest BCUT2D eigenvalue weighted by atomic mass is 35.5. The highest BCUT2D eigenvalue weighted by Crippen LogP contribution is 2.35. The number of nitrogens with zero attached hydrogens (tertiary/aromatic N) is 1. The fraction of sp³-hybridized carbons (Fsp3) is 0.280. The summed E-state index contributed by atoms with van der Waals surface area (Å²) >= 11 is 6.32. The topological polar surface area (TPSA) is 105 Å². The van der Waals surface area contributed by atoms with Crippen LogP contribution in [0.1, 0.15) is 31.2 Å². The van der Waals surface area contributed by atoms with Gasteiger partial charge in [0.25, 0.3) is 0 Å². The molecule has 170 valence electrons. The third kappa shape index (κ3) is 4.28. The van der Waals surface area contributed by atoms with E-state index < -0.39 is 28.8 Å². The van der Waals surface area contributed by atoms with Crippen molar-refractivity contribution in [2.75, 3.05) is 13.1 Å². The van der Waals surface area contributed by atoms with Crippen LogP contribution in [0.15, 0.2) is 57.7 Å². The molecule has 2 unspecified atom stereocenters. The highest BCUT2D eigenvalue weighted by Gasteiger charge is 2.41. The van der Waals surface area contributed by atoms with Crippen LogP contribution in [0.4, 0.5) is 0 Å². The predicted octanol–water partition coefficient (Wildman–Crippen LogP) is 4.11. The van der Waals surface area contributed by atoms with Gasteiger partial charge in [0.1, 0.15) is 17.8 Å². The van der Waals surface area contributed by atoms with Gasteiger partial charge in [-0.2, -0.15) is 0 Å². The van der Waals surface area contributed by atoms with Crippen molar-refractivity contribution < 1.29 is 23.9 Å². The zero-order valence-corrected chi connectivity index (χ0v) is 18.7. The zero-order chi connectivity index (χ0) is 23.8. The Bertz CT molecular complexity index is 1320. The summed E-state index contributed by atoms with van der Waals surface area (Å²) in [6.07, 6.45) is 1.53. The maximum atomic E-state index is 13.2. The van der Waals surface area contributed by atoms with Gasteiger partial charge in [0.05, 0.1) is 5.41 Å². The van der Waals surface area contributed by atoms with E-state index in [9.17, 15) is 24.3 Å². The van der Waals surface area contributed by atoms with Gasteiger partial charge in [0.2, 0.25) is 5.91 Å². The molecule has 3 aromatic rings. The minimum atomic E-state index is -1.14. The molecule has 7 nitrogen and oxygen atoms in total. The van der Waals surface area contributed by atoms with Gasteiger partial charge in [-0.15, -0.1) is 0 Å². The lowest BCUT2D eigenvalue weighted by Crippen LogP contribution is -2.49. The highest BCUT2D eigenvalue weighted by molar-refractivity contribution is 6.33. The molecule has 0 saturated carbocycles. The van der Waals surface area contributed by atoms with Crippen molar-refractivity contribution in [2.24, 2.45) is 5.41 Å². The number of aldehydes is 1. The quantitative estimate of drug-likeness (QED) is 0.344. The van der Waals surface area contributed by atoms with Gasteiger partial charge in [-0.1, -0.05) is 41.9 Å². The van der Waals surface area contributed by atoms with E-state index in [-0.39, 0.29) is 12.1 Å². The molecule has 33 heavy (non-hydrogen) atoms. The van der Waals surface area contributed by atoms with Gasteiger partial charge < -0.3 is 19.2 Å². The number of piperidine rings is 1. The van der Waals surface area contributed by atoms with E-state index in [0.29, 0.717) is 52.8 Å². The second-order valence-corrected chi connectivity index (χ2v) is 8.96. The van der Waals surface area contributed by atoms with Crippen molar-refractivity contribution in [1.29, 1.82) is 0 Å². The van der Waals surface area contributed by atoms with E-state index in [1.165, 1.54) is 17.0 Å². The fourth-order valence-electron chi connectivity index (χ4n) is 4.35. The first-order chi connectivity index (χ1) is 15.7. The summed E-state index contributed by atoms with van der Waals surface area (Å²) in [6, 6.07) is 13.3. The van der Waals surface area contributed by atoms with Gasteiger partial charge in [-0.3, -0.25) is 9.59 Å². The maximum Gasteiger partial charge on any atom is 0.336 e. The molecular formula is C25H22ClNO6. The first kappa shape index (κ1) is 22.7. The molecule has 2 aromatic carbocycles. The lowest BCUT2D eigenvalue weighted by Gasteiger charge is -2.38. The van der Waals surface area contributed by atoms with Gasteiger partial charge in [0, 0.05) is 40.7 Å². The number of aliphatic carboxylic acids is 1. The second kappa shape index (κ2) is 8.83. The number of fused-ring (bicyclic) bond motifs is 1. The van der Waals surface area contributed by atoms with E-state index in [1.807, 2.05) is 0 Å². The number of rotatable bonds is 5. The molecule has 2 heterocycles. The predicted molar refractivity (Wildman–Crippen MR) is 123 cm³/mol. The van der Waals surface area contributed by atoms with E-state index in [0.717, 1.165) is 0 Å². The van der Waals surface area contributed by atoms with Gasteiger partial charge >= 0.3 is 11.6 Å². The average molecular weight is 468 g/mol. The van der Waals surface area contributed by atoms with Crippen molar-refractivity contribution in [3.63, 3.8) is 0 Å². The first-order valence-corrected chi connectivity index (χ1v) is 10.9. The molecule has 0 spiro atoms. The molecule has 0 bridgehead atoms. The minimum Gasteiger partial charge on any atom is -0.481 e. The lowest BCUT2D eigenvalue weighted by atomic mass is 9.81. The Hall–Kier alpha value is -3.45. The molecule has 4 rings (SSSR count). The molecule has 1 aromatic heterocycles. The molecule has 1 N–H and O–H groups in total. The average Bonchev–Trinajstić information content (AvgIpc) is 2.79. The third-order valence-electron chi connectivity index (χ3n) is 6.22. The maximum absolute atomic E-state index is 13.2. The monoisotopic (exact) mass is 467 g/mol. The number of hydrogen-bond donors (Lipinski definition) is 1. The zero-order valence-electron chi connectivity index (χ0n) is 17.9. The third-order valence-corrected chi connectivity index (χ3v) is 6.55. The molecule has 2 atom stereocenters. The normalized spacial score (nSPS) is 19.3. The minimum absolute atomic E-state index is 0.0326. The SMILES string of the molecule is CC1(C(=O)O)CCCN(C(=O)C(C=O)c2ccc3c(-c4ccccc4Cl)cc(=O)oc3c2)C1. The lowest BCUT2D eigenvalue weighted by molar-refractivity contribution is -0.153. The molecule has 1 amide bonds. The molecule has 1 fully saturated rings. The number of amides is 1. The molecule has 1 aliphatic rings. The Morgan fingerprint density at radius 2 is 1.94 bits per heavy atom. The summed E-state index contributed by atoms with van der Waals surface area (Å²) in [6.45, 7) is 2.02. The summed E-state index contributed by atoms with van der Waals surface area (Å²) in [5, 5.41) is 10.6. The van der Waals surface area contributed by atoms with Crippen molar-refractivity contribution in [2.45, 2.75) is 25.7 Å². The Kier molecular flexibility index (Phi) is 6.08. The number of likely N-dealkylation sites (tertiary alicyclic amines) is 1. The first-order valence-electron chi connectivity index (χ1n) is 10.5. The molecule has 1 aliphatic heterocycles. The van der Waals surface area contributed by atoms with Crippen LogP contribution < -0.4 is 5.63 Å². The largest absolute Gasteiger partial charge is 0.481 e. The molecule has 8 heteroatoms. The van der Waals surface area contributed by atoms with Crippen molar-refractivity contribution in [3.05, 3.63) is 69.5 Å². The van der Waals surface area contributed by atoms with E-state index in [1.54, 1.807) is 43.3 Å². The van der Waals surface area contributed by atoms with Crippen LogP contribution in [0, 0.1) is 5.41 Å². The molecule has 1 saturated heterocycles. The standard InChI is InChI=1S/C25H22ClNO6/c1-25(24(31)32)9-4-10-27(14-25)23(30)19(13-28)15-7-8-17-18(12-22(29)33-21(17)11-15)16-5-2-3-6-20(16)26/h2-3,5-8,11-13,19H,4,9-10,14H2,1H3,(H,31,32). The van der Waals surface area contributed by atoms with Crippen LogP contribution in [0.2, 0.25) is 5.02 Å². The molecular weight excluding hydrogens is 446 g/mol. The number of carboxylic acids is 1. The number of hydrogen-bond acceptors (Lipinski definition) is 5. The van der Waals surface area contributed by atoms with Crippen LogP contribution in [0.25, 0.3) is 22.1 Å². The van der Waals surface area contributed by atoms with Gasteiger partial charge in [0.15, 0.2) is 0 Å². The number of benzene rings is 2. The summed E-state index contributed by atoms with van der Waals surface area (Å²) < 4.78 is 5.37. The van der Waals surface area contributed by atoms with Crippen molar-refractivity contribution >= 4 is 40.7 Å². The Labute approximate surface area is 194 Å². The number of carbonyl (C=O) groups excluding carboxylic acids is 2. The van der Waals surface area contributed by atoms with Crippen molar-refractivity contribution in [1.82, 2.24) is 4.90 Å². The summed E-state index contributed by atoms with van der Waals surface area (Å²) in [4.78, 5) is 50.4. The van der Waals surface area contributed by atoms with Crippen LogP contribution >= 0.6 is 11.6 Å². The van der Waals surface area contributed by atoms with Crippen LogP contribution in [-0.4, -0.2) is 41.3 Å². The summed E-state index contributed by atoms with van der Waals surface area (Å²) in [7, 11) is 0. The Morgan fingerprint density at radius 1 is 1.18 bits per heavy atom. The van der Waals surface area contributed by atoms with Gasteiger partial charge in [-0.25, -0.2) is 4.79 Å². The smallest absolute Gasteiger partial charge is 0.336 e. The second-order valence-electron chi connectivity index (χ2n) is 8.56. The van der Waals surface area contributed by atoms with E-state index in [2.05, 4.69) is 0 Å². The van der Waals surface area contributed by atoms with Crippen LogP contribution in [0.5, 0.6) is 0 Å². The Balaban J connectivity index is 1.72. The Morgan fingerprint density at radius 3 is 2.64 bits per heavy atom. The summed E-state index contributed by atoms with van der Waals surface area (Å²) in [5.41, 5.74) is 0.196. The fourth-order valence-corrected chi connectivity index (χ4v) is 4.59. The number of carboxylic acid groups (broad SMARTS) is 1. The number of halogens is 1. The molecule has 0 radical (unpaired) electrons. The molecule has 0 aliphatic carbocycles. The summed E-state index contributed by atoms with van der Waals surface area (Å²) in [5.74, 6) is -2.58. The van der Waals surface area contributed by atoms with E-state index >= 15 is 0 Å². The van der Waals surface area contributed by atoms with Crippen molar-refractivity contribution in [3.8, 4) is 11.1 Å². The van der Waals surface area contributed by atoms with E-state index in [4.69, 9.17) is 16.0 Å². The number of carbonyl (C=O) groups is 3. The van der Waals surface area contributed by atoms with Crippen LogP contribution in [-0.2, 0) is 14.4 Å². The van der Waals surface area contributed by atoms with Crippen LogP contribution in [0.3, 0.4) is 0 Å². The van der Waals surface area contributed by atoms with Gasteiger partial charge in [-0.05, 0) is 37.5 Å².